The van der Waals surface area contributed by atoms with Crippen LogP contribution in [0, 0.1) is 17.8 Å². The number of allylic oxidation sites excluding steroid dienone is 1. The van der Waals surface area contributed by atoms with E-state index < -0.39 is 54.5 Å². The molecule has 0 aliphatic carbocycles. The molecule has 2 fully saturated rings. The molecule has 2 aliphatic rings. The zero-order chi connectivity index (χ0) is 26.8. The number of aliphatic hydroxyl groups is 1. The number of nitrogens with one attached hydrogen (secondary N) is 3. The topological polar surface area (TPSA) is 146 Å². The molecule has 202 valence electrons. The fourth-order valence-electron chi connectivity index (χ4n) is 4.34. The van der Waals surface area contributed by atoms with Gasteiger partial charge in [0.15, 0.2) is 12.3 Å². The number of carbonyl (C=O) groups is 4. The highest BCUT2D eigenvalue weighted by Crippen LogP contribution is 2.26. The Hall–Kier alpha value is -3.28. The van der Waals surface area contributed by atoms with Crippen molar-refractivity contribution in [3.63, 3.8) is 0 Å². The molecule has 1 unspecified atom stereocenters. The van der Waals surface area contributed by atoms with Crippen LogP contribution in [0.5, 0.6) is 0 Å². The lowest BCUT2D eigenvalue weighted by molar-refractivity contribution is -0.203. The number of rotatable bonds is 12. The first-order chi connectivity index (χ1) is 17.8. The predicted molar refractivity (Wildman–Crippen MR) is 134 cm³/mol. The van der Waals surface area contributed by atoms with Crippen molar-refractivity contribution in [2.75, 3.05) is 13.2 Å². The third-order valence-corrected chi connectivity index (χ3v) is 6.28. The lowest BCUT2D eigenvalue weighted by Crippen LogP contribution is -2.53. The predicted octanol–water partition coefficient (Wildman–Crippen LogP) is 1.89. The molecule has 1 aromatic rings. The van der Waals surface area contributed by atoms with E-state index in [2.05, 4.69) is 16.2 Å². The van der Waals surface area contributed by atoms with Crippen molar-refractivity contribution in [3.8, 4) is 0 Å². The van der Waals surface area contributed by atoms with Crippen LogP contribution in [0.3, 0.4) is 0 Å². The fourth-order valence-corrected chi connectivity index (χ4v) is 4.34. The van der Waals surface area contributed by atoms with Gasteiger partial charge in [0.1, 0.15) is 0 Å². The van der Waals surface area contributed by atoms with E-state index in [4.69, 9.17) is 9.57 Å². The fraction of sp³-hybridized carbons (Fsp3) is 0.538. The summed E-state index contributed by atoms with van der Waals surface area (Å²) in [4.78, 5) is 56.4. The molecule has 2 heterocycles. The number of imide groups is 1. The van der Waals surface area contributed by atoms with Gasteiger partial charge >= 0.3 is 6.03 Å². The first-order valence-electron chi connectivity index (χ1n) is 12.6. The van der Waals surface area contributed by atoms with Crippen molar-refractivity contribution in [2.45, 2.75) is 58.3 Å². The first kappa shape index (κ1) is 28.3. The molecular weight excluding hydrogens is 480 g/mol. The number of hydroxylamine groups is 1. The molecular formula is C26H36N4O7. The smallest absolute Gasteiger partial charge is 0.343 e. The van der Waals surface area contributed by atoms with E-state index >= 15 is 0 Å². The molecule has 0 bridgehead atoms. The minimum atomic E-state index is -1.24. The number of benzene rings is 1. The molecule has 0 radical (unpaired) electrons. The normalized spacial score (nSPS) is 21.7. The third kappa shape index (κ3) is 8.11. The number of hydrazine groups is 1. The number of amides is 5. The van der Waals surface area contributed by atoms with E-state index in [1.54, 1.807) is 0 Å². The highest BCUT2D eigenvalue weighted by molar-refractivity contribution is 6.05. The van der Waals surface area contributed by atoms with Crippen molar-refractivity contribution in [3.05, 3.63) is 42.0 Å². The minimum absolute atomic E-state index is 0.0365. The summed E-state index contributed by atoms with van der Waals surface area (Å²) in [5, 5.41) is 12.4. The summed E-state index contributed by atoms with van der Waals surface area (Å²) in [6.45, 7) is 3.73. The molecule has 3 rings (SSSR count). The quantitative estimate of drug-likeness (QED) is 0.245. The summed E-state index contributed by atoms with van der Waals surface area (Å²) in [7, 11) is 0. The van der Waals surface area contributed by atoms with Crippen LogP contribution in [0.4, 0.5) is 4.79 Å². The second-order valence-electron chi connectivity index (χ2n) is 9.61. The van der Waals surface area contributed by atoms with Gasteiger partial charge in [-0.25, -0.2) is 20.1 Å². The molecule has 37 heavy (non-hydrogen) atoms. The highest BCUT2D eigenvalue weighted by Gasteiger charge is 2.42. The van der Waals surface area contributed by atoms with E-state index in [-0.39, 0.29) is 12.3 Å². The number of hydrogen-bond donors (Lipinski definition) is 4. The Morgan fingerprint density at radius 3 is 2.59 bits per heavy atom. The van der Waals surface area contributed by atoms with Gasteiger partial charge in [0, 0.05) is 13.0 Å². The zero-order valence-electron chi connectivity index (χ0n) is 21.2. The summed E-state index contributed by atoms with van der Waals surface area (Å²) in [6.07, 6.45) is 6.17. The van der Waals surface area contributed by atoms with Gasteiger partial charge in [0.2, 0.25) is 11.8 Å². The molecule has 4 atom stereocenters. The van der Waals surface area contributed by atoms with Crippen LogP contribution in [0.1, 0.15) is 51.5 Å². The maximum atomic E-state index is 13.4. The largest absolute Gasteiger partial charge is 0.394 e. The average Bonchev–Trinajstić information content (AvgIpc) is 3.16. The zero-order valence-corrected chi connectivity index (χ0v) is 21.2. The Labute approximate surface area is 216 Å². The van der Waals surface area contributed by atoms with E-state index in [0.29, 0.717) is 19.4 Å². The van der Waals surface area contributed by atoms with Gasteiger partial charge in [-0.15, -0.1) is 0 Å². The molecule has 5 amide bonds. The second-order valence-corrected chi connectivity index (χ2v) is 9.61. The van der Waals surface area contributed by atoms with E-state index in [1.807, 2.05) is 56.3 Å². The lowest BCUT2D eigenvalue weighted by Gasteiger charge is -2.30. The SMILES string of the molecule is CC(C)C[C@@H](C(=O)NN1C(=O)NC(=O)[C@@H]1CO)[C@H](C/C=C/c1ccccc1)C(=O)NOC1CCCCO1. The molecule has 2 saturated heterocycles. The van der Waals surface area contributed by atoms with Crippen LogP contribution in [-0.2, 0) is 24.0 Å². The van der Waals surface area contributed by atoms with Crippen LogP contribution < -0.4 is 16.2 Å². The number of ether oxygens (including phenoxy) is 1. The van der Waals surface area contributed by atoms with Crippen molar-refractivity contribution < 1.29 is 33.9 Å². The van der Waals surface area contributed by atoms with Gasteiger partial charge < -0.3 is 9.84 Å². The van der Waals surface area contributed by atoms with Crippen LogP contribution >= 0.6 is 0 Å². The number of nitrogens with zero attached hydrogens (tertiary/aromatic N) is 1. The number of urea groups is 1. The summed E-state index contributed by atoms with van der Waals surface area (Å²) in [5.74, 6) is -3.49. The van der Waals surface area contributed by atoms with Crippen molar-refractivity contribution in [2.24, 2.45) is 17.8 Å². The molecule has 11 heteroatoms. The third-order valence-electron chi connectivity index (χ3n) is 6.28. The Kier molecular flexibility index (Phi) is 10.6. The highest BCUT2D eigenvalue weighted by atomic mass is 16.8. The summed E-state index contributed by atoms with van der Waals surface area (Å²) in [6, 6.07) is 7.46. The molecule has 2 aliphatic heterocycles. The second kappa shape index (κ2) is 13.9. The Bertz CT molecular complexity index is 963. The maximum Gasteiger partial charge on any atom is 0.343 e. The Morgan fingerprint density at radius 1 is 1.19 bits per heavy atom. The molecule has 0 spiro atoms. The van der Waals surface area contributed by atoms with Gasteiger partial charge in [0.05, 0.1) is 18.4 Å². The lowest BCUT2D eigenvalue weighted by atomic mass is 9.82. The van der Waals surface area contributed by atoms with E-state index in [0.717, 1.165) is 23.4 Å². The van der Waals surface area contributed by atoms with Crippen LogP contribution in [0.25, 0.3) is 6.08 Å². The monoisotopic (exact) mass is 516 g/mol. The standard InChI is InChI=1S/C26H36N4O7/c1-17(2)15-20(23(32)28-30-21(16-31)25(34)27-26(30)35)19(12-8-11-18-9-4-3-5-10-18)24(33)29-37-22-13-6-7-14-36-22/h3-5,8-11,17,19-22,31H,6-7,12-16H2,1-2H3,(H,28,32)(H,29,33)(H,27,34,35)/b11-8+/t19-,20+,21-,22?/m0/s1. The molecule has 4 N–H and O–H groups in total. The molecule has 0 saturated carbocycles. The van der Waals surface area contributed by atoms with Crippen molar-refractivity contribution >= 4 is 29.8 Å². The van der Waals surface area contributed by atoms with Crippen LogP contribution in [0.15, 0.2) is 36.4 Å². The number of aliphatic hydroxyl groups excluding tert-OH is 1. The van der Waals surface area contributed by atoms with Crippen molar-refractivity contribution in [1.82, 2.24) is 21.2 Å². The van der Waals surface area contributed by atoms with Gasteiger partial charge in [-0.1, -0.05) is 56.3 Å². The molecule has 1 aromatic carbocycles. The minimum Gasteiger partial charge on any atom is -0.394 e. The summed E-state index contributed by atoms with van der Waals surface area (Å²) < 4.78 is 5.52. The van der Waals surface area contributed by atoms with Crippen LogP contribution in [0.2, 0.25) is 0 Å². The number of hydrogen-bond acceptors (Lipinski definition) is 7. The average molecular weight is 517 g/mol. The van der Waals surface area contributed by atoms with E-state index in [9.17, 15) is 24.3 Å². The summed E-state index contributed by atoms with van der Waals surface area (Å²) >= 11 is 0. The Morgan fingerprint density at radius 2 is 1.95 bits per heavy atom. The van der Waals surface area contributed by atoms with Crippen molar-refractivity contribution in [1.29, 1.82) is 0 Å². The van der Waals surface area contributed by atoms with Gasteiger partial charge in [-0.3, -0.25) is 25.1 Å². The van der Waals surface area contributed by atoms with Gasteiger partial charge in [0.25, 0.3) is 5.91 Å². The van der Waals surface area contributed by atoms with Crippen LogP contribution in [-0.4, -0.2) is 59.4 Å². The molecule has 0 aromatic heterocycles. The molecule has 11 nitrogen and oxygen atoms in total. The first-order valence-corrected chi connectivity index (χ1v) is 12.6. The summed E-state index contributed by atoms with van der Waals surface area (Å²) in [5.41, 5.74) is 5.86. The maximum absolute atomic E-state index is 13.4. The van der Waals surface area contributed by atoms with Gasteiger partial charge in [-0.2, -0.15) is 0 Å². The Balaban J connectivity index is 1.79. The van der Waals surface area contributed by atoms with E-state index in [1.165, 1.54) is 0 Å². The number of carbonyl (C=O) groups excluding carboxylic acids is 4. The van der Waals surface area contributed by atoms with Gasteiger partial charge in [-0.05, 0) is 37.2 Å².